The summed E-state index contributed by atoms with van der Waals surface area (Å²) in [4.78, 5) is 0. The minimum Gasteiger partial charge on any atom is -0.390 e. The Morgan fingerprint density at radius 1 is 0.700 bits per heavy atom. The minimum absolute atomic E-state index is 0.0695. The zero-order valence-electron chi connectivity index (χ0n) is 14.2. The summed E-state index contributed by atoms with van der Waals surface area (Å²) in [6, 6.07) is 0. The zero-order valence-corrected chi connectivity index (χ0v) is 14.2. The Morgan fingerprint density at radius 3 is 1.80 bits per heavy atom. The summed E-state index contributed by atoms with van der Waals surface area (Å²) in [5.41, 5.74) is 0. The average Bonchev–Trinajstić information content (AvgIpc) is 2.46. The van der Waals surface area contributed by atoms with E-state index < -0.39 is 0 Å². The Bertz CT molecular complexity index is 182. The average molecular weight is 286 g/mol. The molecule has 122 valence electrons. The van der Waals surface area contributed by atoms with Gasteiger partial charge in [0.05, 0.1) is 12.2 Å². The van der Waals surface area contributed by atoms with E-state index in [0.717, 1.165) is 38.7 Å². The van der Waals surface area contributed by atoms with E-state index in [1.54, 1.807) is 0 Å². The third kappa shape index (κ3) is 11.7. The lowest BCUT2D eigenvalue weighted by molar-refractivity contribution is -0.0470. The molecule has 0 aliphatic carbocycles. The molecule has 0 heterocycles. The van der Waals surface area contributed by atoms with Gasteiger partial charge in [-0.1, -0.05) is 78.6 Å². The van der Waals surface area contributed by atoms with E-state index in [9.17, 15) is 5.11 Å². The van der Waals surface area contributed by atoms with Crippen molar-refractivity contribution in [3.05, 3.63) is 0 Å². The monoisotopic (exact) mass is 286 g/mol. The number of aliphatic hydroxyl groups excluding tert-OH is 1. The van der Waals surface area contributed by atoms with E-state index in [-0.39, 0.29) is 12.2 Å². The summed E-state index contributed by atoms with van der Waals surface area (Å²) in [6.45, 7) is 7.44. The smallest absolute Gasteiger partial charge is 0.0833 e. The number of hydrogen-bond donors (Lipinski definition) is 1. The molecule has 0 spiro atoms. The van der Waals surface area contributed by atoms with Gasteiger partial charge in [0.25, 0.3) is 0 Å². The minimum atomic E-state index is -0.259. The van der Waals surface area contributed by atoms with Crippen LogP contribution in [0.3, 0.4) is 0 Å². The molecule has 0 saturated heterocycles. The number of aliphatic hydroxyl groups is 1. The number of rotatable bonds is 15. The van der Waals surface area contributed by atoms with Crippen LogP contribution in [0.1, 0.15) is 97.8 Å². The maximum Gasteiger partial charge on any atom is 0.0833 e. The second kappa shape index (κ2) is 15.3. The molecule has 0 rings (SSSR count). The van der Waals surface area contributed by atoms with Crippen molar-refractivity contribution in [1.29, 1.82) is 0 Å². The van der Waals surface area contributed by atoms with Gasteiger partial charge in [0.1, 0.15) is 0 Å². The molecule has 0 bridgehead atoms. The molecule has 2 nitrogen and oxygen atoms in total. The van der Waals surface area contributed by atoms with Gasteiger partial charge < -0.3 is 9.84 Å². The maximum absolute atomic E-state index is 10.3. The van der Waals surface area contributed by atoms with Gasteiger partial charge in [0, 0.05) is 6.61 Å². The molecular weight excluding hydrogens is 248 g/mol. The van der Waals surface area contributed by atoms with E-state index in [0.29, 0.717) is 0 Å². The van der Waals surface area contributed by atoms with Crippen molar-refractivity contribution in [3.63, 3.8) is 0 Å². The summed E-state index contributed by atoms with van der Waals surface area (Å²) in [5, 5.41) is 10.3. The molecular formula is C18H38O2. The largest absolute Gasteiger partial charge is 0.390 e. The molecule has 2 heteroatoms. The third-order valence-corrected chi connectivity index (χ3v) is 3.95. The first-order chi connectivity index (χ1) is 9.76. The Kier molecular flexibility index (Phi) is 15.3. The van der Waals surface area contributed by atoms with Gasteiger partial charge in [0.2, 0.25) is 0 Å². The van der Waals surface area contributed by atoms with Crippen LogP contribution in [0.25, 0.3) is 0 Å². The quantitative estimate of drug-likeness (QED) is 0.404. The van der Waals surface area contributed by atoms with E-state index in [2.05, 4.69) is 20.8 Å². The number of hydrogen-bond acceptors (Lipinski definition) is 2. The summed E-state index contributed by atoms with van der Waals surface area (Å²) in [7, 11) is 0. The predicted molar refractivity (Wildman–Crippen MR) is 88.2 cm³/mol. The normalized spacial score (nSPS) is 14.4. The van der Waals surface area contributed by atoms with Crippen LogP contribution in [0.4, 0.5) is 0 Å². The fourth-order valence-electron chi connectivity index (χ4n) is 2.50. The summed E-state index contributed by atoms with van der Waals surface area (Å²) < 4.78 is 5.93. The molecule has 0 aromatic carbocycles. The van der Waals surface area contributed by atoms with Crippen molar-refractivity contribution < 1.29 is 9.84 Å². The lowest BCUT2D eigenvalue weighted by Gasteiger charge is -2.23. The first-order valence-electron chi connectivity index (χ1n) is 9.05. The summed E-state index contributed by atoms with van der Waals surface area (Å²) in [5.74, 6) is 0. The predicted octanol–water partition coefficient (Wildman–Crippen LogP) is 5.47. The van der Waals surface area contributed by atoms with Crippen LogP contribution in [-0.4, -0.2) is 23.9 Å². The lowest BCUT2D eigenvalue weighted by Crippen LogP contribution is -2.29. The van der Waals surface area contributed by atoms with Gasteiger partial charge in [-0.3, -0.25) is 0 Å². The van der Waals surface area contributed by atoms with Gasteiger partial charge in [-0.2, -0.15) is 0 Å². The first kappa shape index (κ1) is 19.9. The molecule has 0 saturated carbocycles. The maximum atomic E-state index is 10.3. The molecule has 0 aliphatic heterocycles. The SMILES string of the molecule is CCCCCCC(O)C(CCCCCC)OCCCC. The molecule has 0 fully saturated rings. The van der Waals surface area contributed by atoms with Crippen LogP contribution in [0.15, 0.2) is 0 Å². The van der Waals surface area contributed by atoms with Crippen molar-refractivity contribution in [2.75, 3.05) is 6.61 Å². The Labute approximate surface area is 127 Å². The number of unbranched alkanes of at least 4 members (excludes halogenated alkanes) is 7. The Morgan fingerprint density at radius 2 is 1.25 bits per heavy atom. The van der Waals surface area contributed by atoms with E-state index in [1.165, 1.54) is 44.9 Å². The van der Waals surface area contributed by atoms with Crippen LogP contribution in [0, 0.1) is 0 Å². The molecule has 0 aromatic rings. The van der Waals surface area contributed by atoms with Crippen LogP contribution < -0.4 is 0 Å². The molecule has 2 unspecified atom stereocenters. The highest BCUT2D eigenvalue weighted by Gasteiger charge is 2.18. The van der Waals surface area contributed by atoms with E-state index in [4.69, 9.17) is 4.74 Å². The van der Waals surface area contributed by atoms with Crippen LogP contribution >= 0.6 is 0 Å². The second-order valence-electron chi connectivity index (χ2n) is 6.03. The zero-order chi connectivity index (χ0) is 15.1. The summed E-state index contributed by atoms with van der Waals surface area (Å²) in [6.07, 6.45) is 14.0. The van der Waals surface area contributed by atoms with Gasteiger partial charge in [-0.25, -0.2) is 0 Å². The van der Waals surface area contributed by atoms with Crippen molar-refractivity contribution in [1.82, 2.24) is 0 Å². The standard InChI is InChI=1S/C18H38O2/c1-4-7-10-12-14-17(19)18(20-16-9-6-3)15-13-11-8-5-2/h17-19H,4-16H2,1-3H3. The van der Waals surface area contributed by atoms with Crippen molar-refractivity contribution in [3.8, 4) is 0 Å². The van der Waals surface area contributed by atoms with Crippen LogP contribution in [0.5, 0.6) is 0 Å². The van der Waals surface area contributed by atoms with Gasteiger partial charge in [0.15, 0.2) is 0 Å². The van der Waals surface area contributed by atoms with Crippen LogP contribution in [-0.2, 0) is 4.74 Å². The summed E-state index contributed by atoms with van der Waals surface area (Å²) >= 11 is 0. The van der Waals surface area contributed by atoms with Gasteiger partial charge in [-0.05, 0) is 19.3 Å². The Balaban J connectivity index is 3.92. The van der Waals surface area contributed by atoms with Crippen LogP contribution in [0.2, 0.25) is 0 Å². The third-order valence-electron chi connectivity index (χ3n) is 3.95. The fraction of sp³-hybridized carbons (Fsp3) is 1.00. The fourth-order valence-corrected chi connectivity index (χ4v) is 2.50. The molecule has 20 heavy (non-hydrogen) atoms. The highest BCUT2D eigenvalue weighted by molar-refractivity contribution is 4.70. The first-order valence-corrected chi connectivity index (χ1v) is 9.05. The van der Waals surface area contributed by atoms with Crippen molar-refractivity contribution in [2.24, 2.45) is 0 Å². The Hall–Kier alpha value is -0.0800. The van der Waals surface area contributed by atoms with Gasteiger partial charge in [-0.15, -0.1) is 0 Å². The van der Waals surface area contributed by atoms with Crippen molar-refractivity contribution >= 4 is 0 Å². The van der Waals surface area contributed by atoms with Gasteiger partial charge >= 0.3 is 0 Å². The highest BCUT2D eigenvalue weighted by atomic mass is 16.5. The van der Waals surface area contributed by atoms with Crippen molar-refractivity contribution in [2.45, 2.75) is 110 Å². The number of ether oxygens (including phenoxy) is 1. The van der Waals surface area contributed by atoms with E-state index in [1.807, 2.05) is 0 Å². The molecule has 1 N–H and O–H groups in total. The topological polar surface area (TPSA) is 29.5 Å². The molecule has 0 aromatic heterocycles. The second-order valence-corrected chi connectivity index (χ2v) is 6.03. The van der Waals surface area contributed by atoms with E-state index >= 15 is 0 Å². The molecule has 2 atom stereocenters. The molecule has 0 radical (unpaired) electrons. The molecule has 0 amide bonds. The lowest BCUT2D eigenvalue weighted by atomic mass is 10.00. The molecule has 0 aliphatic rings. The highest BCUT2D eigenvalue weighted by Crippen LogP contribution is 2.17.